The van der Waals surface area contributed by atoms with E-state index < -0.39 is 5.60 Å². The highest BCUT2D eigenvalue weighted by atomic mass is 16.3. The van der Waals surface area contributed by atoms with Crippen molar-refractivity contribution in [1.82, 2.24) is 4.90 Å². The number of aliphatic hydroxyl groups is 2. The first kappa shape index (κ1) is 9.96. The smallest absolute Gasteiger partial charge is 0.0718 e. The highest BCUT2D eigenvalue weighted by Gasteiger charge is 2.25. The zero-order chi connectivity index (χ0) is 9.19. The summed E-state index contributed by atoms with van der Waals surface area (Å²) in [5, 5.41) is 18.4. The summed E-state index contributed by atoms with van der Waals surface area (Å²) >= 11 is 0. The molecule has 0 aromatic rings. The molecule has 3 nitrogen and oxygen atoms in total. The van der Waals surface area contributed by atoms with E-state index in [1.165, 1.54) is 0 Å². The molecule has 72 valence electrons. The number of rotatable bonds is 3. The highest BCUT2D eigenvalue weighted by Crippen LogP contribution is 2.17. The SMILES string of the molecule is CC(C)(O)CN1CCC(CO)C1. The fraction of sp³-hybridized carbons (Fsp3) is 1.00. The monoisotopic (exact) mass is 173 g/mol. The molecule has 12 heavy (non-hydrogen) atoms. The Morgan fingerprint density at radius 1 is 1.50 bits per heavy atom. The second-order valence-corrected chi connectivity index (χ2v) is 4.38. The van der Waals surface area contributed by atoms with Crippen LogP contribution in [0.1, 0.15) is 20.3 Å². The van der Waals surface area contributed by atoms with Gasteiger partial charge in [0.1, 0.15) is 0 Å². The van der Waals surface area contributed by atoms with Crippen LogP contribution in [-0.4, -0.2) is 47.0 Å². The fourth-order valence-electron chi connectivity index (χ4n) is 1.75. The lowest BCUT2D eigenvalue weighted by Crippen LogP contribution is -2.37. The predicted molar refractivity (Wildman–Crippen MR) is 47.9 cm³/mol. The van der Waals surface area contributed by atoms with Crippen LogP contribution < -0.4 is 0 Å². The molecule has 0 saturated carbocycles. The van der Waals surface area contributed by atoms with E-state index in [0.29, 0.717) is 12.5 Å². The first-order valence-corrected chi connectivity index (χ1v) is 4.57. The Bertz CT molecular complexity index is 142. The summed E-state index contributed by atoms with van der Waals surface area (Å²) in [7, 11) is 0. The molecule has 1 unspecified atom stereocenters. The molecule has 1 atom stereocenters. The Labute approximate surface area is 74.0 Å². The Kier molecular flexibility index (Phi) is 3.09. The molecule has 0 amide bonds. The summed E-state index contributed by atoms with van der Waals surface area (Å²) in [5.74, 6) is 0.423. The molecule has 1 aliphatic heterocycles. The van der Waals surface area contributed by atoms with Crippen molar-refractivity contribution >= 4 is 0 Å². The van der Waals surface area contributed by atoms with Crippen molar-refractivity contribution in [3.05, 3.63) is 0 Å². The number of likely N-dealkylation sites (tertiary alicyclic amines) is 1. The molecule has 0 radical (unpaired) electrons. The van der Waals surface area contributed by atoms with Crippen LogP contribution in [-0.2, 0) is 0 Å². The number of nitrogens with zero attached hydrogens (tertiary/aromatic N) is 1. The van der Waals surface area contributed by atoms with Crippen LogP contribution in [0.5, 0.6) is 0 Å². The summed E-state index contributed by atoms with van der Waals surface area (Å²) < 4.78 is 0. The maximum Gasteiger partial charge on any atom is 0.0718 e. The maximum atomic E-state index is 9.53. The van der Waals surface area contributed by atoms with E-state index >= 15 is 0 Å². The van der Waals surface area contributed by atoms with Gasteiger partial charge < -0.3 is 15.1 Å². The molecule has 0 aromatic heterocycles. The van der Waals surface area contributed by atoms with Gasteiger partial charge in [0.15, 0.2) is 0 Å². The standard InChI is InChI=1S/C9H19NO2/c1-9(2,12)7-10-4-3-8(5-10)6-11/h8,11-12H,3-7H2,1-2H3. The normalized spacial score (nSPS) is 26.5. The van der Waals surface area contributed by atoms with Crippen molar-refractivity contribution in [2.24, 2.45) is 5.92 Å². The molecular weight excluding hydrogens is 154 g/mol. The second-order valence-electron chi connectivity index (χ2n) is 4.38. The molecule has 1 heterocycles. The first-order valence-electron chi connectivity index (χ1n) is 4.57. The Morgan fingerprint density at radius 2 is 2.17 bits per heavy atom. The summed E-state index contributed by atoms with van der Waals surface area (Å²) in [6.45, 7) is 6.57. The van der Waals surface area contributed by atoms with Crippen molar-refractivity contribution in [2.45, 2.75) is 25.9 Å². The van der Waals surface area contributed by atoms with Crippen molar-refractivity contribution in [1.29, 1.82) is 0 Å². The van der Waals surface area contributed by atoms with Gasteiger partial charge in [-0.2, -0.15) is 0 Å². The molecule has 0 spiro atoms. The van der Waals surface area contributed by atoms with Crippen LogP contribution in [0.25, 0.3) is 0 Å². The molecule has 1 rings (SSSR count). The summed E-state index contributed by atoms with van der Waals surface area (Å²) in [4.78, 5) is 2.21. The molecule has 0 aromatic carbocycles. The van der Waals surface area contributed by atoms with E-state index in [1.807, 2.05) is 13.8 Å². The van der Waals surface area contributed by atoms with Crippen LogP contribution >= 0.6 is 0 Å². The summed E-state index contributed by atoms with van der Waals surface area (Å²) in [6.07, 6.45) is 1.06. The van der Waals surface area contributed by atoms with Crippen molar-refractivity contribution in [3.63, 3.8) is 0 Å². The van der Waals surface area contributed by atoms with E-state index in [2.05, 4.69) is 4.90 Å². The average Bonchev–Trinajstić information content (AvgIpc) is 2.32. The minimum Gasteiger partial charge on any atom is -0.396 e. The molecule has 1 saturated heterocycles. The Balaban J connectivity index is 2.28. The molecular formula is C9H19NO2. The molecule has 1 fully saturated rings. The van der Waals surface area contributed by atoms with Gasteiger partial charge in [0.2, 0.25) is 0 Å². The van der Waals surface area contributed by atoms with E-state index in [1.54, 1.807) is 0 Å². The highest BCUT2D eigenvalue weighted by molar-refractivity contribution is 4.79. The topological polar surface area (TPSA) is 43.7 Å². The van der Waals surface area contributed by atoms with E-state index in [0.717, 1.165) is 19.5 Å². The number of hydrogen-bond acceptors (Lipinski definition) is 3. The third-order valence-corrected chi connectivity index (χ3v) is 2.24. The zero-order valence-corrected chi connectivity index (χ0v) is 7.95. The summed E-state index contributed by atoms with van der Waals surface area (Å²) in [6, 6.07) is 0. The zero-order valence-electron chi connectivity index (χ0n) is 7.95. The quantitative estimate of drug-likeness (QED) is 0.635. The van der Waals surface area contributed by atoms with Crippen LogP contribution in [0.2, 0.25) is 0 Å². The third kappa shape index (κ3) is 3.09. The molecule has 1 aliphatic rings. The summed E-state index contributed by atoms with van der Waals surface area (Å²) in [5.41, 5.74) is -0.607. The van der Waals surface area contributed by atoms with Gasteiger partial charge in [-0.15, -0.1) is 0 Å². The number of β-amino-alcohol motifs (C(OH)–C–C–N with tert-alkyl or cyclic N) is 1. The van der Waals surface area contributed by atoms with Gasteiger partial charge in [0, 0.05) is 19.7 Å². The van der Waals surface area contributed by atoms with Crippen molar-refractivity contribution < 1.29 is 10.2 Å². The third-order valence-electron chi connectivity index (χ3n) is 2.24. The van der Waals surface area contributed by atoms with Crippen LogP contribution in [0.15, 0.2) is 0 Å². The minimum atomic E-state index is -0.607. The average molecular weight is 173 g/mol. The molecule has 0 bridgehead atoms. The van der Waals surface area contributed by atoms with Crippen LogP contribution in [0.4, 0.5) is 0 Å². The van der Waals surface area contributed by atoms with Gasteiger partial charge in [0.05, 0.1) is 5.60 Å². The van der Waals surface area contributed by atoms with Crippen LogP contribution in [0, 0.1) is 5.92 Å². The molecule has 0 aliphatic carbocycles. The Morgan fingerprint density at radius 3 is 2.58 bits per heavy atom. The first-order chi connectivity index (χ1) is 5.51. The van der Waals surface area contributed by atoms with E-state index in [9.17, 15) is 5.11 Å². The van der Waals surface area contributed by atoms with Crippen molar-refractivity contribution in [2.75, 3.05) is 26.2 Å². The van der Waals surface area contributed by atoms with Gasteiger partial charge in [-0.3, -0.25) is 0 Å². The largest absolute Gasteiger partial charge is 0.396 e. The van der Waals surface area contributed by atoms with Gasteiger partial charge in [-0.05, 0) is 32.7 Å². The van der Waals surface area contributed by atoms with Gasteiger partial charge in [-0.25, -0.2) is 0 Å². The molecule has 2 N–H and O–H groups in total. The number of hydrogen-bond donors (Lipinski definition) is 2. The maximum absolute atomic E-state index is 9.53. The fourth-order valence-corrected chi connectivity index (χ4v) is 1.75. The minimum absolute atomic E-state index is 0.280. The van der Waals surface area contributed by atoms with Crippen LogP contribution in [0.3, 0.4) is 0 Å². The lowest BCUT2D eigenvalue weighted by molar-refractivity contribution is 0.0418. The van der Waals surface area contributed by atoms with E-state index in [4.69, 9.17) is 5.11 Å². The number of aliphatic hydroxyl groups excluding tert-OH is 1. The lowest BCUT2D eigenvalue weighted by atomic mass is 10.1. The van der Waals surface area contributed by atoms with Gasteiger partial charge in [-0.1, -0.05) is 0 Å². The Hall–Kier alpha value is -0.120. The second kappa shape index (κ2) is 3.73. The van der Waals surface area contributed by atoms with E-state index in [-0.39, 0.29) is 6.61 Å². The van der Waals surface area contributed by atoms with Crippen molar-refractivity contribution in [3.8, 4) is 0 Å². The predicted octanol–water partition coefficient (Wildman–Crippen LogP) is 0.0715. The lowest BCUT2D eigenvalue weighted by Gasteiger charge is -2.24. The van der Waals surface area contributed by atoms with Gasteiger partial charge >= 0.3 is 0 Å². The molecule has 3 heteroatoms. The van der Waals surface area contributed by atoms with Gasteiger partial charge in [0.25, 0.3) is 0 Å².